The molecule has 0 aliphatic heterocycles. The highest BCUT2D eigenvalue weighted by Gasteiger charge is 2.05. The highest BCUT2D eigenvalue weighted by atomic mass is 79.9. The number of hydrogen-bond donors (Lipinski definition) is 0. The van der Waals surface area contributed by atoms with Crippen molar-refractivity contribution < 1.29 is 4.42 Å². The van der Waals surface area contributed by atoms with Crippen LogP contribution in [-0.4, -0.2) is 4.98 Å². The molecule has 2 aromatic rings. The molecule has 0 atom stereocenters. The van der Waals surface area contributed by atoms with E-state index in [1.807, 2.05) is 25.1 Å². The van der Waals surface area contributed by atoms with Crippen LogP contribution >= 0.6 is 15.9 Å². The predicted molar refractivity (Wildman–Crippen MR) is 54.4 cm³/mol. The molecule has 0 aliphatic rings. The molecular formula is C10H8BrNO. The molecule has 2 nitrogen and oxygen atoms in total. The van der Waals surface area contributed by atoms with Crippen molar-refractivity contribution in [2.75, 3.05) is 0 Å². The molecule has 0 amide bonds. The van der Waals surface area contributed by atoms with Crippen LogP contribution in [0.1, 0.15) is 5.56 Å². The van der Waals surface area contributed by atoms with Gasteiger partial charge in [0.05, 0.1) is 6.20 Å². The number of nitrogens with zero attached hydrogens (tertiary/aromatic N) is 1. The quantitative estimate of drug-likeness (QED) is 0.760. The van der Waals surface area contributed by atoms with Gasteiger partial charge in [-0.2, -0.15) is 0 Å². The second-order valence-electron chi connectivity index (χ2n) is 2.80. The van der Waals surface area contributed by atoms with Gasteiger partial charge in [-0.1, -0.05) is 15.9 Å². The first-order valence-corrected chi connectivity index (χ1v) is 4.72. The van der Waals surface area contributed by atoms with E-state index in [0.717, 1.165) is 15.6 Å². The Bertz CT molecular complexity index is 409. The van der Waals surface area contributed by atoms with Gasteiger partial charge in [-0.3, -0.25) is 0 Å². The van der Waals surface area contributed by atoms with Crippen molar-refractivity contribution in [1.82, 2.24) is 4.98 Å². The van der Waals surface area contributed by atoms with E-state index in [9.17, 15) is 0 Å². The SMILES string of the molecule is Cc1cc(Br)ccc1-c1ncco1. The Labute approximate surface area is 84.7 Å². The molecule has 0 saturated carbocycles. The average molecular weight is 238 g/mol. The fourth-order valence-corrected chi connectivity index (χ4v) is 1.70. The lowest BCUT2D eigenvalue weighted by Gasteiger charge is -2.00. The van der Waals surface area contributed by atoms with Crippen LogP contribution in [0.2, 0.25) is 0 Å². The van der Waals surface area contributed by atoms with Crippen LogP contribution in [0, 0.1) is 6.92 Å². The van der Waals surface area contributed by atoms with Gasteiger partial charge in [0.15, 0.2) is 0 Å². The summed E-state index contributed by atoms with van der Waals surface area (Å²) < 4.78 is 6.28. The number of aromatic nitrogens is 1. The van der Waals surface area contributed by atoms with Gasteiger partial charge < -0.3 is 4.42 Å². The van der Waals surface area contributed by atoms with Gasteiger partial charge in [0.25, 0.3) is 0 Å². The highest BCUT2D eigenvalue weighted by Crippen LogP contribution is 2.24. The minimum Gasteiger partial charge on any atom is -0.445 e. The molecular weight excluding hydrogens is 230 g/mol. The van der Waals surface area contributed by atoms with E-state index in [0.29, 0.717) is 5.89 Å². The second-order valence-corrected chi connectivity index (χ2v) is 3.71. The van der Waals surface area contributed by atoms with Crippen LogP contribution in [0.25, 0.3) is 11.5 Å². The third-order valence-electron chi connectivity index (χ3n) is 1.85. The van der Waals surface area contributed by atoms with Crippen molar-refractivity contribution in [3.05, 3.63) is 40.7 Å². The normalized spacial score (nSPS) is 10.3. The zero-order valence-electron chi connectivity index (χ0n) is 7.12. The van der Waals surface area contributed by atoms with Gasteiger partial charge in [-0.15, -0.1) is 0 Å². The van der Waals surface area contributed by atoms with Gasteiger partial charge >= 0.3 is 0 Å². The third-order valence-corrected chi connectivity index (χ3v) is 2.34. The van der Waals surface area contributed by atoms with E-state index in [4.69, 9.17) is 4.42 Å². The molecule has 0 saturated heterocycles. The van der Waals surface area contributed by atoms with Gasteiger partial charge in [-0.25, -0.2) is 4.98 Å². The van der Waals surface area contributed by atoms with Gasteiger partial charge in [0.1, 0.15) is 6.26 Å². The van der Waals surface area contributed by atoms with Crippen LogP contribution in [0.5, 0.6) is 0 Å². The lowest BCUT2D eigenvalue weighted by molar-refractivity contribution is 0.574. The topological polar surface area (TPSA) is 26.0 Å². The molecule has 1 heterocycles. The lowest BCUT2D eigenvalue weighted by atomic mass is 10.1. The largest absolute Gasteiger partial charge is 0.445 e. The number of benzene rings is 1. The van der Waals surface area contributed by atoms with E-state index in [-0.39, 0.29) is 0 Å². The Morgan fingerprint density at radius 3 is 2.85 bits per heavy atom. The predicted octanol–water partition coefficient (Wildman–Crippen LogP) is 3.41. The average Bonchev–Trinajstić information content (AvgIpc) is 2.56. The maximum atomic E-state index is 5.21. The van der Waals surface area contributed by atoms with E-state index in [1.165, 1.54) is 0 Å². The molecule has 1 aromatic heterocycles. The number of aryl methyl sites for hydroxylation is 1. The molecule has 0 fully saturated rings. The second kappa shape index (κ2) is 3.34. The third kappa shape index (κ3) is 1.65. The summed E-state index contributed by atoms with van der Waals surface area (Å²) >= 11 is 3.41. The molecule has 0 spiro atoms. The fourth-order valence-electron chi connectivity index (χ4n) is 1.22. The summed E-state index contributed by atoms with van der Waals surface area (Å²) in [6, 6.07) is 6.01. The van der Waals surface area contributed by atoms with Gasteiger partial charge in [0.2, 0.25) is 5.89 Å². The van der Waals surface area contributed by atoms with Crippen LogP contribution in [-0.2, 0) is 0 Å². The van der Waals surface area contributed by atoms with Crippen LogP contribution in [0.3, 0.4) is 0 Å². The van der Waals surface area contributed by atoms with Crippen molar-refractivity contribution in [1.29, 1.82) is 0 Å². The highest BCUT2D eigenvalue weighted by molar-refractivity contribution is 9.10. The summed E-state index contributed by atoms with van der Waals surface area (Å²) in [5.74, 6) is 0.671. The number of rotatable bonds is 1. The monoisotopic (exact) mass is 237 g/mol. The fraction of sp³-hybridized carbons (Fsp3) is 0.100. The first-order valence-electron chi connectivity index (χ1n) is 3.93. The summed E-state index contributed by atoms with van der Waals surface area (Å²) in [6.45, 7) is 2.03. The summed E-state index contributed by atoms with van der Waals surface area (Å²) in [6.07, 6.45) is 3.23. The van der Waals surface area contributed by atoms with E-state index in [1.54, 1.807) is 12.5 Å². The van der Waals surface area contributed by atoms with Crippen molar-refractivity contribution in [2.45, 2.75) is 6.92 Å². The summed E-state index contributed by atoms with van der Waals surface area (Å²) in [7, 11) is 0. The maximum Gasteiger partial charge on any atom is 0.226 e. The first-order chi connectivity index (χ1) is 6.27. The molecule has 1 aromatic carbocycles. The summed E-state index contributed by atoms with van der Waals surface area (Å²) in [4.78, 5) is 4.10. The van der Waals surface area contributed by atoms with E-state index < -0.39 is 0 Å². The first kappa shape index (κ1) is 8.51. The molecule has 0 aliphatic carbocycles. The van der Waals surface area contributed by atoms with E-state index in [2.05, 4.69) is 20.9 Å². The minimum absolute atomic E-state index is 0.671. The standard InChI is InChI=1S/C10H8BrNO/c1-7-6-8(11)2-3-9(7)10-12-4-5-13-10/h2-6H,1H3. The van der Waals surface area contributed by atoms with Crippen molar-refractivity contribution >= 4 is 15.9 Å². The molecule has 2 rings (SSSR count). The Kier molecular flexibility index (Phi) is 2.19. The van der Waals surface area contributed by atoms with Crippen LogP contribution < -0.4 is 0 Å². The zero-order chi connectivity index (χ0) is 9.26. The Morgan fingerprint density at radius 2 is 2.23 bits per heavy atom. The van der Waals surface area contributed by atoms with Crippen LogP contribution in [0.15, 0.2) is 39.5 Å². The lowest BCUT2D eigenvalue weighted by Crippen LogP contribution is -1.82. The smallest absolute Gasteiger partial charge is 0.226 e. The molecule has 0 radical (unpaired) electrons. The molecule has 0 unspecified atom stereocenters. The summed E-state index contributed by atoms with van der Waals surface area (Å²) in [5.41, 5.74) is 2.19. The molecule has 0 N–H and O–H groups in total. The van der Waals surface area contributed by atoms with E-state index >= 15 is 0 Å². The summed E-state index contributed by atoms with van der Waals surface area (Å²) in [5, 5.41) is 0. The zero-order valence-corrected chi connectivity index (χ0v) is 8.71. The molecule has 3 heteroatoms. The van der Waals surface area contributed by atoms with Crippen molar-refractivity contribution in [2.24, 2.45) is 0 Å². The minimum atomic E-state index is 0.671. The molecule has 13 heavy (non-hydrogen) atoms. The number of halogens is 1. The Balaban J connectivity index is 2.53. The van der Waals surface area contributed by atoms with Crippen molar-refractivity contribution in [3.8, 4) is 11.5 Å². The number of hydrogen-bond acceptors (Lipinski definition) is 2. The Hall–Kier alpha value is -1.09. The maximum absolute atomic E-state index is 5.21. The number of oxazole rings is 1. The van der Waals surface area contributed by atoms with Gasteiger partial charge in [0, 0.05) is 10.0 Å². The molecule has 66 valence electrons. The Morgan fingerprint density at radius 1 is 1.38 bits per heavy atom. The molecule has 0 bridgehead atoms. The van der Waals surface area contributed by atoms with Crippen LogP contribution in [0.4, 0.5) is 0 Å². The van der Waals surface area contributed by atoms with Gasteiger partial charge in [-0.05, 0) is 30.7 Å². The van der Waals surface area contributed by atoms with Crippen molar-refractivity contribution in [3.63, 3.8) is 0 Å².